The molecule has 86 valence electrons. The Balaban J connectivity index is 1.96. The van der Waals surface area contributed by atoms with Crippen LogP contribution in [0, 0.1) is 5.92 Å². The van der Waals surface area contributed by atoms with Gasteiger partial charge in [-0.05, 0) is 25.2 Å². The lowest BCUT2D eigenvalue weighted by Gasteiger charge is -2.39. The van der Waals surface area contributed by atoms with Crippen LogP contribution in [-0.2, 0) is 4.79 Å². The number of carbonyl (C=O) groups excluding carboxylic acids is 1. The molecule has 1 amide bonds. The molecule has 0 aromatic rings. The minimum Gasteiger partial charge on any atom is -0.396 e. The highest BCUT2D eigenvalue weighted by molar-refractivity contribution is 5.77. The summed E-state index contributed by atoms with van der Waals surface area (Å²) >= 11 is 0. The molecule has 1 N–H and O–H groups in total. The Morgan fingerprint density at radius 2 is 2.27 bits per heavy atom. The Morgan fingerprint density at radius 1 is 1.53 bits per heavy atom. The lowest BCUT2D eigenvalue weighted by molar-refractivity contribution is -0.158. The molecule has 0 bridgehead atoms. The number of amides is 1. The van der Waals surface area contributed by atoms with E-state index in [1.165, 1.54) is 0 Å². The van der Waals surface area contributed by atoms with Gasteiger partial charge in [-0.15, -0.1) is 0 Å². The van der Waals surface area contributed by atoms with Crippen LogP contribution in [-0.4, -0.2) is 46.8 Å². The largest absolute Gasteiger partial charge is 0.396 e. The maximum atomic E-state index is 11.8. The minimum absolute atomic E-state index is 0.198. The predicted molar refractivity (Wildman–Crippen MR) is 56.9 cm³/mol. The summed E-state index contributed by atoms with van der Waals surface area (Å²) in [4.78, 5) is 11.8. The van der Waals surface area contributed by atoms with Crippen LogP contribution in [0.25, 0.3) is 0 Å². The van der Waals surface area contributed by atoms with Gasteiger partial charge in [0.15, 0.2) is 0 Å². The van der Waals surface area contributed by atoms with E-state index in [0.29, 0.717) is 12.5 Å². The van der Waals surface area contributed by atoms with Gasteiger partial charge in [0, 0.05) is 32.2 Å². The molecule has 1 aliphatic carbocycles. The van der Waals surface area contributed by atoms with E-state index in [2.05, 4.69) is 5.01 Å². The highest BCUT2D eigenvalue weighted by Crippen LogP contribution is 2.31. The molecular formula is C11H20N2O2. The molecule has 1 unspecified atom stereocenters. The molecule has 2 aliphatic rings. The molecule has 15 heavy (non-hydrogen) atoms. The smallest absolute Gasteiger partial charge is 0.237 e. The Morgan fingerprint density at radius 3 is 2.87 bits per heavy atom. The molecule has 1 saturated carbocycles. The molecule has 4 nitrogen and oxygen atoms in total. The molecule has 0 aromatic heterocycles. The quantitative estimate of drug-likeness (QED) is 0.743. The predicted octanol–water partition coefficient (Wildman–Crippen LogP) is 0.617. The van der Waals surface area contributed by atoms with Gasteiger partial charge in [0.05, 0.1) is 0 Å². The first-order valence-electron chi connectivity index (χ1n) is 5.90. The van der Waals surface area contributed by atoms with Crippen molar-refractivity contribution in [2.75, 3.05) is 19.7 Å². The third-order valence-electron chi connectivity index (χ3n) is 3.09. The maximum absolute atomic E-state index is 11.8. The molecule has 2 fully saturated rings. The van der Waals surface area contributed by atoms with Crippen molar-refractivity contribution in [2.45, 2.75) is 38.6 Å². The standard InChI is InChI=1S/C11H20N2O2/c1-9(8-14)7-12-6-2-3-11(15)13(12)10-4-5-10/h9-10,14H,2-8H2,1H3. The number of aliphatic hydroxyl groups is 1. The van der Waals surface area contributed by atoms with Gasteiger partial charge in [0.2, 0.25) is 5.91 Å². The number of hydrogen-bond donors (Lipinski definition) is 1. The molecule has 1 saturated heterocycles. The summed E-state index contributed by atoms with van der Waals surface area (Å²) in [5.74, 6) is 0.519. The van der Waals surface area contributed by atoms with E-state index in [1.807, 2.05) is 11.9 Å². The second kappa shape index (κ2) is 4.49. The highest BCUT2D eigenvalue weighted by Gasteiger charge is 2.38. The van der Waals surface area contributed by atoms with Gasteiger partial charge in [-0.25, -0.2) is 5.01 Å². The fourth-order valence-corrected chi connectivity index (χ4v) is 2.14. The molecule has 1 heterocycles. The van der Waals surface area contributed by atoms with Crippen LogP contribution < -0.4 is 0 Å². The number of hydrazine groups is 1. The number of rotatable bonds is 4. The highest BCUT2D eigenvalue weighted by atomic mass is 16.3. The van der Waals surface area contributed by atoms with Crippen molar-refractivity contribution in [1.82, 2.24) is 10.0 Å². The topological polar surface area (TPSA) is 43.8 Å². The van der Waals surface area contributed by atoms with Crippen molar-refractivity contribution in [3.63, 3.8) is 0 Å². The van der Waals surface area contributed by atoms with Crippen LogP contribution >= 0.6 is 0 Å². The van der Waals surface area contributed by atoms with E-state index in [9.17, 15) is 4.79 Å². The van der Waals surface area contributed by atoms with Crippen LogP contribution in [0.15, 0.2) is 0 Å². The lowest BCUT2D eigenvalue weighted by Crippen LogP contribution is -2.53. The molecule has 0 aromatic carbocycles. The summed E-state index contributed by atoms with van der Waals surface area (Å²) in [5.41, 5.74) is 0. The van der Waals surface area contributed by atoms with Crippen LogP contribution in [0.2, 0.25) is 0 Å². The van der Waals surface area contributed by atoms with Crippen molar-refractivity contribution in [3.05, 3.63) is 0 Å². The van der Waals surface area contributed by atoms with Crippen LogP contribution in [0.4, 0.5) is 0 Å². The van der Waals surface area contributed by atoms with Crippen molar-refractivity contribution >= 4 is 5.91 Å². The SMILES string of the molecule is CC(CO)CN1CCCC(=O)N1C1CC1. The number of carbonyl (C=O) groups is 1. The third kappa shape index (κ3) is 2.49. The summed E-state index contributed by atoms with van der Waals surface area (Å²) in [6, 6.07) is 0.462. The first kappa shape index (κ1) is 10.9. The monoisotopic (exact) mass is 212 g/mol. The molecular weight excluding hydrogens is 192 g/mol. The second-order valence-electron chi connectivity index (χ2n) is 4.77. The van der Waals surface area contributed by atoms with Gasteiger partial charge in [-0.2, -0.15) is 0 Å². The fourth-order valence-electron chi connectivity index (χ4n) is 2.14. The summed E-state index contributed by atoms with van der Waals surface area (Å²) in [6.07, 6.45) is 3.95. The number of hydrogen-bond acceptors (Lipinski definition) is 3. The zero-order valence-corrected chi connectivity index (χ0v) is 9.35. The average molecular weight is 212 g/mol. The van der Waals surface area contributed by atoms with Gasteiger partial charge in [-0.1, -0.05) is 6.92 Å². The van der Waals surface area contributed by atoms with E-state index in [4.69, 9.17) is 5.11 Å². The molecule has 2 rings (SSSR count). The van der Waals surface area contributed by atoms with Crippen molar-refractivity contribution in [1.29, 1.82) is 0 Å². The minimum atomic E-state index is 0.198. The maximum Gasteiger partial charge on any atom is 0.237 e. The zero-order chi connectivity index (χ0) is 10.8. The summed E-state index contributed by atoms with van der Waals surface area (Å²) < 4.78 is 0. The third-order valence-corrected chi connectivity index (χ3v) is 3.09. The number of nitrogens with zero attached hydrogens (tertiary/aromatic N) is 2. The Bertz CT molecular complexity index is 241. The Labute approximate surface area is 90.8 Å². The Kier molecular flexibility index (Phi) is 3.26. The summed E-state index contributed by atoms with van der Waals surface area (Å²) in [5, 5.41) is 13.1. The van der Waals surface area contributed by atoms with Gasteiger partial charge < -0.3 is 5.11 Å². The van der Waals surface area contributed by atoms with Crippen molar-refractivity contribution in [2.24, 2.45) is 5.92 Å². The zero-order valence-electron chi connectivity index (χ0n) is 9.35. The van der Waals surface area contributed by atoms with Crippen LogP contribution in [0.3, 0.4) is 0 Å². The van der Waals surface area contributed by atoms with Crippen LogP contribution in [0.5, 0.6) is 0 Å². The first-order chi connectivity index (χ1) is 7.22. The molecule has 4 heteroatoms. The number of aliphatic hydroxyl groups excluding tert-OH is 1. The van der Waals surface area contributed by atoms with Crippen LogP contribution in [0.1, 0.15) is 32.6 Å². The van der Waals surface area contributed by atoms with E-state index in [0.717, 1.165) is 32.4 Å². The lowest BCUT2D eigenvalue weighted by atomic mass is 10.1. The van der Waals surface area contributed by atoms with E-state index >= 15 is 0 Å². The van der Waals surface area contributed by atoms with Gasteiger partial charge in [0.25, 0.3) is 0 Å². The molecule has 1 atom stereocenters. The molecule has 1 aliphatic heterocycles. The average Bonchev–Trinajstić information content (AvgIpc) is 3.01. The first-order valence-corrected chi connectivity index (χ1v) is 5.90. The van der Waals surface area contributed by atoms with Crippen molar-refractivity contribution < 1.29 is 9.90 Å². The Hall–Kier alpha value is -0.610. The summed E-state index contributed by atoms with van der Waals surface area (Å²) in [6.45, 7) is 3.98. The molecule has 0 spiro atoms. The second-order valence-corrected chi connectivity index (χ2v) is 4.77. The fraction of sp³-hybridized carbons (Fsp3) is 0.909. The van der Waals surface area contributed by atoms with Gasteiger partial charge >= 0.3 is 0 Å². The normalized spacial score (nSPS) is 25.7. The van der Waals surface area contributed by atoms with Crippen molar-refractivity contribution in [3.8, 4) is 0 Å². The van der Waals surface area contributed by atoms with E-state index in [1.54, 1.807) is 0 Å². The van der Waals surface area contributed by atoms with E-state index in [-0.39, 0.29) is 18.4 Å². The molecule has 0 radical (unpaired) electrons. The van der Waals surface area contributed by atoms with Gasteiger partial charge in [0.1, 0.15) is 0 Å². The van der Waals surface area contributed by atoms with Gasteiger partial charge in [-0.3, -0.25) is 9.80 Å². The van der Waals surface area contributed by atoms with E-state index < -0.39 is 0 Å². The summed E-state index contributed by atoms with van der Waals surface area (Å²) in [7, 11) is 0.